The molecule has 0 fully saturated rings. The van der Waals surface area contributed by atoms with Gasteiger partial charge in [0.2, 0.25) is 0 Å². The zero-order valence-corrected chi connectivity index (χ0v) is 64.2. The molecule has 11 heterocycles. The van der Waals surface area contributed by atoms with Crippen molar-refractivity contribution >= 4 is 33.1 Å². The number of fused-ring (bicyclic) bond motifs is 9. The van der Waals surface area contributed by atoms with Gasteiger partial charge in [0.25, 0.3) is 0 Å². The van der Waals surface area contributed by atoms with E-state index in [1.54, 1.807) is 0 Å². The zero-order valence-electron chi connectivity index (χ0n) is 64.2. The lowest BCUT2D eigenvalue weighted by Gasteiger charge is -2.17. The van der Waals surface area contributed by atoms with Crippen LogP contribution in [0.3, 0.4) is 0 Å². The molecule has 0 saturated heterocycles. The first kappa shape index (κ1) is 70.7. The van der Waals surface area contributed by atoms with Crippen LogP contribution >= 0.6 is 0 Å². The molecule has 0 spiro atoms. The van der Waals surface area contributed by atoms with Crippen LogP contribution in [0.25, 0.3) is 158 Å². The number of rotatable bonds is 13. The summed E-state index contributed by atoms with van der Waals surface area (Å²) in [6.45, 7) is 0. The fourth-order valence-electron chi connectivity index (χ4n) is 17.4. The van der Waals surface area contributed by atoms with Crippen molar-refractivity contribution < 1.29 is 0 Å². The van der Waals surface area contributed by atoms with Gasteiger partial charge in [0.15, 0.2) is 5.82 Å². The average molecular weight is 1500 g/mol. The van der Waals surface area contributed by atoms with Crippen molar-refractivity contribution in [2.24, 2.45) is 0 Å². The molecule has 22 rings (SSSR count). The molecule has 0 radical (unpaired) electrons. The Morgan fingerprint density at radius 2 is 0.595 bits per heavy atom. The van der Waals surface area contributed by atoms with E-state index in [1.165, 1.54) is 88.5 Å². The van der Waals surface area contributed by atoms with Crippen LogP contribution < -0.4 is 0 Å². The topological polar surface area (TPSA) is 136 Å². The fourth-order valence-corrected chi connectivity index (χ4v) is 17.4. The molecule has 0 atom stereocenters. The third kappa shape index (κ3) is 13.7. The van der Waals surface area contributed by atoms with Crippen LogP contribution in [-0.2, 0) is 38.5 Å². The van der Waals surface area contributed by atoms with Crippen molar-refractivity contribution in [3.8, 4) is 124 Å². The van der Waals surface area contributed by atoms with E-state index in [4.69, 9.17) is 44.9 Å². The summed E-state index contributed by atoms with van der Waals surface area (Å²) >= 11 is 0. The van der Waals surface area contributed by atoms with E-state index in [-0.39, 0.29) is 0 Å². The molecule has 8 aromatic carbocycles. The van der Waals surface area contributed by atoms with Crippen LogP contribution in [0, 0.1) is 0 Å². The first-order valence-electron chi connectivity index (χ1n) is 40.4. The van der Waals surface area contributed by atoms with Crippen LogP contribution in [-0.4, -0.2) is 63.1 Å². The minimum atomic E-state index is 0.704. The molecule has 13 nitrogen and oxygen atoms in total. The number of aryl methyl sites for hydroxylation is 3. The second-order valence-electron chi connectivity index (χ2n) is 30.0. The molecule has 3 aliphatic carbocycles. The maximum absolute atomic E-state index is 5.32. The fraction of sp³-hybridized carbons (Fsp3) is 0.117. The summed E-state index contributed by atoms with van der Waals surface area (Å²) < 4.78 is 9.22. The van der Waals surface area contributed by atoms with Gasteiger partial charge in [0, 0.05) is 126 Å². The standard InChI is InChI=1S/C38H30N4.C33H26N4.C32H25N5/c1-4-13-27(14-5-1)35-36(28-15-6-2-7-16-28)42(37(40-35)29-17-8-3-9-18-29)31-24-22-30(23-25-31)41-34-21-11-10-19-32(34)33-20-12-26-39-38(33)41;1-3-10-23(11-4-1)29-20-26(21-30(36-29)24-12-5-2-6-13-24)25-17-18-32(35-22-25)37-31-16-8-7-14-27(31)28-15-9-19-34-33(28)37;1-3-10-22(11-4-1)27-20-28(36-31(35-27)23-12-5-2-6-13-23)24-17-18-30(34-21-24)37-29-16-8-7-14-25(29)26-15-9-19-33-32(26)37/h1-9,12-18,20,22-26H,10-11,19,21H2;1-6,9-13,15,17-22H,7-8,14,16H2;1-6,9-13,15,17-21H,7-8,14,16H2. The molecular formula is C103H81N13. The van der Waals surface area contributed by atoms with Gasteiger partial charge in [0.1, 0.15) is 34.4 Å². The van der Waals surface area contributed by atoms with E-state index in [0.29, 0.717) is 5.82 Å². The molecule has 13 heteroatoms. The van der Waals surface area contributed by atoms with E-state index in [0.717, 1.165) is 174 Å². The highest BCUT2D eigenvalue weighted by molar-refractivity contribution is 5.89. The van der Waals surface area contributed by atoms with Crippen LogP contribution in [0.5, 0.6) is 0 Å². The van der Waals surface area contributed by atoms with Gasteiger partial charge in [-0.2, -0.15) is 0 Å². The lowest BCUT2D eigenvalue weighted by molar-refractivity contribution is 0.664. The van der Waals surface area contributed by atoms with E-state index in [9.17, 15) is 0 Å². The molecule has 3 aliphatic rings. The smallest absolute Gasteiger partial charge is 0.160 e. The highest BCUT2D eigenvalue weighted by atomic mass is 15.1. The maximum atomic E-state index is 5.32. The van der Waals surface area contributed by atoms with Gasteiger partial charge >= 0.3 is 0 Å². The van der Waals surface area contributed by atoms with Crippen LogP contribution in [0.1, 0.15) is 72.3 Å². The van der Waals surface area contributed by atoms with Crippen LogP contribution in [0.2, 0.25) is 0 Å². The van der Waals surface area contributed by atoms with Gasteiger partial charge in [-0.1, -0.05) is 212 Å². The summed E-state index contributed by atoms with van der Waals surface area (Å²) in [7, 11) is 0. The highest BCUT2D eigenvalue weighted by Crippen LogP contribution is 2.42. The summed E-state index contributed by atoms with van der Waals surface area (Å²) in [5.74, 6) is 3.45. The van der Waals surface area contributed by atoms with Crippen molar-refractivity contribution in [1.29, 1.82) is 0 Å². The number of nitrogens with zero attached hydrogens (tertiary/aromatic N) is 13. The monoisotopic (exact) mass is 1500 g/mol. The quantitative estimate of drug-likeness (QED) is 0.111. The van der Waals surface area contributed by atoms with Crippen molar-refractivity contribution in [3.63, 3.8) is 0 Å². The Morgan fingerprint density at radius 3 is 1.03 bits per heavy atom. The molecule has 0 amide bonds. The summed E-state index contributed by atoms with van der Waals surface area (Å²) in [5.41, 5.74) is 30.1. The SMILES string of the molecule is c1ccc(-c2cc(-c3ccc(-n4c5c(c6cccnc64)CCCC5)nc3)cc(-c3ccccc3)n2)cc1.c1ccc(-c2cc(-c3ccc(-n4c5c(c6cccnc64)CCCC5)nc3)nc(-c3ccccc3)n2)cc1.c1ccc(-c2nc(-c3ccccc3)n(-c3ccc(-n4c5c(c6cccnc64)CCCC5)cc3)c2-c2ccccc2)cc1. The Hall–Kier alpha value is -14.4. The number of hydrogen-bond acceptors (Lipinski definition) is 9. The van der Waals surface area contributed by atoms with E-state index in [2.05, 4.69) is 255 Å². The molecule has 0 unspecified atom stereocenters. The Labute approximate surface area is 673 Å². The highest BCUT2D eigenvalue weighted by Gasteiger charge is 2.28. The molecule has 11 aromatic heterocycles. The van der Waals surface area contributed by atoms with Gasteiger partial charge in [-0.25, -0.2) is 44.9 Å². The number of imidazole rings is 1. The number of benzene rings is 8. The number of aromatic nitrogens is 13. The third-order valence-electron chi connectivity index (χ3n) is 22.8. The van der Waals surface area contributed by atoms with Crippen LogP contribution in [0.15, 0.2) is 346 Å². The van der Waals surface area contributed by atoms with Gasteiger partial charge < -0.3 is 0 Å². The maximum Gasteiger partial charge on any atom is 0.160 e. The van der Waals surface area contributed by atoms with Crippen molar-refractivity contribution in [3.05, 3.63) is 380 Å². The normalized spacial score (nSPS) is 12.9. The Balaban J connectivity index is 0.000000113. The second kappa shape index (κ2) is 31.6. The molecule has 116 heavy (non-hydrogen) atoms. The lowest BCUT2D eigenvalue weighted by Crippen LogP contribution is -2.08. The Morgan fingerprint density at radius 1 is 0.233 bits per heavy atom. The summed E-state index contributed by atoms with van der Waals surface area (Å²) in [6, 6.07) is 109. The Kier molecular flexibility index (Phi) is 19.3. The minimum absolute atomic E-state index is 0.704. The predicted molar refractivity (Wildman–Crippen MR) is 468 cm³/mol. The summed E-state index contributed by atoms with van der Waals surface area (Å²) in [6.07, 6.45) is 23.5. The third-order valence-corrected chi connectivity index (χ3v) is 22.8. The van der Waals surface area contributed by atoms with Crippen molar-refractivity contribution in [1.82, 2.24) is 63.1 Å². The van der Waals surface area contributed by atoms with Gasteiger partial charge in [-0.05, 0) is 202 Å². The first-order valence-corrected chi connectivity index (χ1v) is 40.4. The largest absolute Gasteiger partial charge is 0.298 e. The summed E-state index contributed by atoms with van der Waals surface area (Å²) in [4.78, 5) is 44.4. The second-order valence-corrected chi connectivity index (χ2v) is 30.0. The van der Waals surface area contributed by atoms with E-state index >= 15 is 0 Å². The number of pyridine rings is 6. The zero-order chi connectivity index (χ0) is 77.1. The average Bonchev–Trinajstić information content (AvgIpc) is 1.60. The molecule has 0 saturated carbocycles. The van der Waals surface area contributed by atoms with E-state index < -0.39 is 0 Å². The first-order chi connectivity index (χ1) is 57.6. The molecule has 19 aromatic rings. The lowest BCUT2D eigenvalue weighted by atomic mass is 9.96. The van der Waals surface area contributed by atoms with Crippen molar-refractivity contribution in [2.45, 2.75) is 77.0 Å². The molecule has 0 bridgehead atoms. The molecule has 0 aliphatic heterocycles. The van der Waals surface area contributed by atoms with E-state index in [1.807, 2.05) is 110 Å². The Bertz CT molecular complexity index is 6330. The van der Waals surface area contributed by atoms with Gasteiger partial charge in [0.05, 0.1) is 34.2 Å². The van der Waals surface area contributed by atoms with Gasteiger partial charge in [-0.3, -0.25) is 18.3 Å². The van der Waals surface area contributed by atoms with Crippen LogP contribution in [0.4, 0.5) is 0 Å². The molecule has 558 valence electrons. The van der Waals surface area contributed by atoms with Crippen molar-refractivity contribution in [2.75, 3.05) is 0 Å². The molecular weight excluding hydrogens is 1420 g/mol. The molecule has 0 N–H and O–H groups in total. The minimum Gasteiger partial charge on any atom is -0.298 e. The van der Waals surface area contributed by atoms with Gasteiger partial charge in [-0.15, -0.1) is 0 Å². The predicted octanol–water partition coefficient (Wildman–Crippen LogP) is 23.9. The number of hydrogen-bond donors (Lipinski definition) is 0. The summed E-state index contributed by atoms with van der Waals surface area (Å²) in [5, 5.41) is 3.80.